The van der Waals surface area contributed by atoms with Crippen LogP contribution in [0.15, 0.2) is 75.4 Å². The van der Waals surface area contributed by atoms with E-state index in [1.165, 1.54) is 13.3 Å². The molecule has 0 aromatic heterocycles. The molecule has 4 rings (SSSR count). The van der Waals surface area contributed by atoms with Gasteiger partial charge in [-0.2, -0.15) is 10.4 Å². The SMILES string of the molecule is CCOC(=O)C1=C(C)NC(=O)N[C@H]1c1ccc(OCC(=O)N/N=C/c2cc(Br)c(OCc3ccc(C#N)cc3)c(I)c2)c(OC)c1. The van der Waals surface area contributed by atoms with E-state index in [0.29, 0.717) is 39.4 Å². The van der Waals surface area contributed by atoms with Crippen molar-refractivity contribution >= 4 is 62.6 Å². The number of esters is 1. The Bertz CT molecular complexity index is 1710. The summed E-state index contributed by atoms with van der Waals surface area (Å²) in [4.78, 5) is 37.2. The van der Waals surface area contributed by atoms with Crippen molar-refractivity contribution in [3.8, 4) is 23.3 Å². The first-order valence-electron chi connectivity index (χ1n) is 13.8. The predicted molar refractivity (Wildman–Crippen MR) is 180 cm³/mol. The number of halogens is 2. The van der Waals surface area contributed by atoms with Crippen LogP contribution < -0.4 is 30.3 Å². The number of methoxy groups -OCH3 is 1. The highest BCUT2D eigenvalue weighted by molar-refractivity contribution is 14.1. The first-order chi connectivity index (χ1) is 22.1. The molecule has 3 amide bonds. The van der Waals surface area contributed by atoms with Crippen LogP contribution in [0.2, 0.25) is 0 Å². The highest BCUT2D eigenvalue weighted by Gasteiger charge is 2.32. The van der Waals surface area contributed by atoms with Gasteiger partial charge < -0.3 is 29.6 Å². The Morgan fingerprint density at radius 2 is 1.89 bits per heavy atom. The second kappa shape index (κ2) is 16.1. The van der Waals surface area contributed by atoms with E-state index in [9.17, 15) is 14.4 Å². The number of nitrogens with one attached hydrogen (secondary N) is 3. The highest BCUT2D eigenvalue weighted by Crippen LogP contribution is 2.35. The molecule has 1 aliphatic heterocycles. The number of carbonyl (C=O) groups excluding carboxylic acids is 3. The molecule has 0 radical (unpaired) electrons. The van der Waals surface area contributed by atoms with Crippen LogP contribution in [0, 0.1) is 14.9 Å². The number of amides is 3. The summed E-state index contributed by atoms with van der Waals surface area (Å²) >= 11 is 5.69. The first-order valence-corrected chi connectivity index (χ1v) is 15.7. The third kappa shape index (κ3) is 8.76. The van der Waals surface area contributed by atoms with Crippen molar-refractivity contribution in [2.24, 2.45) is 5.10 Å². The Kier molecular flexibility index (Phi) is 12.0. The Hall–Kier alpha value is -4.62. The number of nitrogens with zero attached hydrogens (tertiary/aromatic N) is 2. The number of nitriles is 1. The van der Waals surface area contributed by atoms with Crippen LogP contribution in [0.3, 0.4) is 0 Å². The number of rotatable bonds is 12. The second-order valence-electron chi connectivity index (χ2n) is 9.69. The number of allylic oxidation sites excluding steroid dienone is 1. The Morgan fingerprint density at radius 3 is 2.57 bits per heavy atom. The van der Waals surface area contributed by atoms with Gasteiger partial charge in [0.05, 0.1) is 51.2 Å². The summed E-state index contributed by atoms with van der Waals surface area (Å²) in [6.07, 6.45) is 1.49. The number of hydrogen-bond donors (Lipinski definition) is 3. The fourth-order valence-corrected chi connectivity index (χ4v) is 6.15. The van der Waals surface area contributed by atoms with Crippen molar-refractivity contribution < 1.29 is 33.3 Å². The molecule has 0 saturated heterocycles. The summed E-state index contributed by atoms with van der Waals surface area (Å²) in [6, 6.07) is 16.5. The number of benzene rings is 3. The normalized spacial score (nSPS) is 14.2. The number of ether oxygens (including phenoxy) is 4. The quantitative estimate of drug-likeness (QED) is 0.0972. The molecule has 0 fully saturated rings. The molecule has 1 heterocycles. The summed E-state index contributed by atoms with van der Waals surface area (Å²) in [6.45, 7) is 3.48. The molecule has 46 heavy (non-hydrogen) atoms. The second-order valence-corrected chi connectivity index (χ2v) is 11.7. The zero-order valence-electron chi connectivity index (χ0n) is 25.0. The lowest BCUT2D eigenvalue weighted by molar-refractivity contribution is -0.139. The maximum Gasteiger partial charge on any atom is 0.338 e. The van der Waals surface area contributed by atoms with Crippen LogP contribution in [0.1, 0.15) is 42.1 Å². The molecule has 12 nitrogen and oxygen atoms in total. The molecule has 0 bridgehead atoms. The van der Waals surface area contributed by atoms with Gasteiger partial charge in [-0.3, -0.25) is 4.79 Å². The molecule has 3 aromatic carbocycles. The topological polar surface area (TPSA) is 160 Å². The molecule has 3 aromatic rings. The van der Waals surface area contributed by atoms with E-state index in [1.807, 2.05) is 24.3 Å². The van der Waals surface area contributed by atoms with Crippen molar-refractivity contribution in [1.29, 1.82) is 5.26 Å². The minimum absolute atomic E-state index is 0.179. The maximum atomic E-state index is 12.6. The third-order valence-electron chi connectivity index (χ3n) is 6.53. The summed E-state index contributed by atoms with van der Waals surface area (Å²) in [5.74, 6) is 0.167. The monoisotopic (exact) mass is 801 g/mol. The highest BCUT2D eigenvalue weighted by atomic mass is 127. The largest absolute Gasteiger partial charge is 0.493 e. The molecule has 0 saturated carbocycles. The Labute approximate surface area is 287 Å². The smallest absolute Gasteiger partial charge is 0.338 e. The first kappa shape index (κ1) is 34.3. The van der Waals surface area contributed by atoms with Gasteiger partial charge in [-0.05, 0) is 105 Å². The molecular weight excluding hydrogens is 773 g/mol. The van der Waals surface area contributed by atoms with Gasteiger partial charge in [0.2, 0.25) is 0 Å². The average molecular weight is 802 g/mol. The number of urea groups is 1. The van der Waals surface area contributed by atoms with Crippen molar-refractivity contribution in [2.45, 2.75) is 26.5 Å². The van der Waals surface area contributed by atoms with Crippen LogP contribution in [0.4, 0.5) is 4.79 Å². The summed E-state index contributed by atoms with van der Waals surface area (Å²) in [5, 5.41) is 18.3. The lowest BCUT2D eigenvalue weighted by Crippen LogP contribution is -2.45. The standard InChI is InChI=1S/C32H29BrIN5O7/c1-4-44-31(41)28-18(2)37-32(42)38-29(28)22-9-10-25(26(13-22)43-3)45-17-27(40)39-36-15-21-11-23(33)30(24(34)12-21)46-16-20-7-5-19(14-35)6-8-20/h5-13,15,29H,4,16-17H2,1-3H3,(H,39,40)(H2,37,38,42)/b36-15+/t29-/m0/s1. The van der Waals surface area contributed by atoms with Crippen molar-refractivity contribution in [3.63, 3.8) is 0 Å². The maximum absolute atomic E-state index is 12.6. The number of carbonyl (C=O) groups is 3. The van der Waals surface area contributed by atoms with Gasteiger partial charge in [-0.1, -0.05) is 18.2 Å². The summed E-state index contributed by atoms with van der Waals surface area (Å²) in [5.41, 5.74) is 5.87. The molecule has 0 spiro atoms. The Balaban J connectivity index is 1.35. The van der Waals surface area contributed by atoms with Gasteiger partial charge in [0.25, 0.3) is 5.91 Å². The summed E-state index contributed by atoms with van der Waals surface area (Å²) in [7, 11) is 1.44. The van der Waals surface area contributed by atoms with Crippen LogP contribution >= 0.6 is 38.5 Å². The fraction of sp³-hybridized carbons (Fsp3) is 0.219. The fourth-order valence-electron chi connectivity index (χ4n) is 4.38. The third-order valence-corrected chi connectivity index (χ3v) is 7.92. The van der Waals surface area contributed by atoms with Crippen LogP contribution in [0.25, 0.3) is 0 Å². The zero-order valence-corrected chi connectivity index (χ0v) is 28.7. The molecular formula is C32H29BrIN5O7. The molecule has 0 unspecified atom stereocenters. The van der Waals surface area contributed by atoms with Gasteiger partial charge in [-0.15, -0.1) is 0 Å². The molecule has 14 heteroatoms. The van der Waals surface area contributed by atoms with E-state index >= 15 is 0 Å². The van der Waals surface area contributed by atoms with Gasteiger partial charge in [0.15, 0.2) is 18.1 Å². The predicted octanol–water partition coefficient (Wildman–Crippen LogP) is 5.23. The van der Waals surface area contributed by atoms with Crippen LogP contribution in [0.5, 0.6) is 17.2 Å². The Morgan fingerprint density at radius 1 is 1.13 bits per heavy atom. The van der Waals surface area contributed by atoms with Crippen molar-refractivity contribution in [1.82, 2.24) is 16.1 Å². The molecule has 1 aliphatic rings. The summed E-state index contributed by atoms with van der Waals surface area (Å²) < 4.78 is 23.8. The van der Waals surface area contributed by atoms with E-state index < -0.39 is 23.9 Å². The zero-order chi connectivity index (χ0) is 33.2. The van der Waals surface area contributed by atoms with E-state index in [2.05, 4.69) is 65.8 Å². The lowest BCUT2D eigenvalue weighted by Gasteiger charge is -2.28. The lowest BCUT2D eigenvalue weighted by atomic mass is 9.95. The minimum atomic E-state index is -0.778. The molecule has 238 valence electrons. The van der Waals surface area contributed by atoms with Gasteiger partial charge in [0, 0.05) is 5.70 Å². The number of hydrazone groups is 1. The van der Waals surface area contributed by atoms with Crippen LogP contribution in [-0.2, 0) is 20.9 Å². The van der Waals surface area contributed by atoms with Crippen molar-refractivity contribution in [2.75, 3.05) is 20.3 Å². The van der Waals surface area contributed by atoms with Gasteiger partial charge >= 0.3 is 12.0 Å². The van der Waals surface area contributed by atoms with E-state index in [-0.39, 0.29) is 24.5 Å². The minimum Gasteiger partial charge on any atom is -0.493 e. The van der Waals surface area contributed by atoms with Gasteiger partial charge in [0.1, 0.15) is 12.4 Å². The van der Waals surface area contributed by atoms with E-state index in [1.54, 1.807) is 44.2 Å². The average Bonchev–Trinajstić information content (AvgIpc) is 3.03. The molecule has 0 aliphatic carbocycles. The molecule has 1 atom stereocenters. The van der Waals surface area contributed by atoms with Crippen LogP contribution in [-0.4, -0.2) is 44.4 Å². The van der Waals surface area contributed by atoms with E-state index in [0.717, 1.165) is 14.7 Å². The van der Waals surface area contributed by atoms with E-state index in [4.69, 9.17) is 24.2 Å². The number of hydrogen-bond acceptors (Lipinski definition) is 9. The molecule has 3 N–H and O–H groups in total. The van der Waals surface area contributed by atoms with Gasteiger partial charge in [-0.25, -0.2) is 15.0 Å². The van der Waals surface area contributed by atoms with Crippen molar-refractivity contribution in [3.05, 3.63) is 96.2 Å².